The highest BCUT2D eigenvalue weighted by atomic mass is 16.2. The zero-order valence-electron chi connectivity index (χ0n) is 11.9. The van der Waals surface area contributed by atoms with Gasteiger partial charge in [-0.15, -0.1) is 0 Å². The molecule has 2 heterocycles. The minimum absolute atomic E-state index is 0.363. The molecule has 4 nitrogen and oxygen atoms in total. The monoisotopic (exact) mass is 265 g/mol. The lowest BCUT2D eigenvalue weighted by atomic mass is 10.1. The van der Waals surface area contributed by atoms with Gasteiger partial charge in [-0.3, -0.25) is 4.79 Å². The number of carbonyl (C=O) groups is 1. The quantitative estimate of drug-likeness (QED) is 0.808. The molecule has 2 saturated heterocycles. The third-order valence-corrected chi connectivity index (χ3v) is 4.79. The molecular weight excluding hydrogens is 238 g/mol. The van der Waals surface area contributed by atoms with Crippen molar-refractivity contribution in [3.05, 3.63) is 0 Å². The van der Waals surface area contributed by atoms with Crippen molar-refractivity contribution in [1.82, 2.24) is 15.1 Å². The lowest BCUT2D eigenvalue weighted by molar-refractivity contribution is -0.134. The number of nitrogens with one attached hydrogen (secondary N) is 1. The summed E-state index contributed by atoms with van der Waals surface area (Å²) in [7, 11) is 0. The number of hydrogen-bond donors (Lipinski definition) is 1. The molecule has 0 bridgehead atoms. The maximum atomic E-state index is 12.4. The second kappa shape index (κ2) is 6.23. The van der Waals surface area contributed by atoms with Crippen LogP contribution in [0.15, 0.2) is 0 Å². The minimum Gasteiger partial charge on any atom is -0.337 e. The second-order valence-electron chi connectivity index (χ2n) is 6.35. The SMILES string of the molecule is O=C(C1CC1)N(CCN1CCCCC1)C1CCNC1. The second-order valence-corrected chi connectivity index (χ2v) is 6.35. The van der Waals surface area contributed by atoms with Gasteiger partial charge < -0.3 is 15.1 Å². The molecular formula is C15H27N3O. The molecule has 1 amide bonds. The number of hydrogen-bond acceptors (Lipinski definition) is 3. The topological polar surface area (TPSA) is 35.6 Å². The first kappa shape index (κ1) is 13.4. The number of likely N-dealkylation sites (tertiary alicyclic amines) is 1. The van der Waals surface area contributed by atoms with Crippen LogP contribution in [0.2, 0.25) is 0 Å². The van der Waals surface area contributed by atoms with E-state index in [1.54, 1.807) is 0 Å². The summed E-state index contributed by atoms with van der Waals surface area (Å²) >= 11 is 0. The van der Waals surface area contributed by atoms with Crippen LogP contribution in [-0.2, 0) is 4.79 Å². The van der Waals surface area contributed by atoms with E-state index in [4.69, 9.17) is 0 Å². The molecule has 1 aliphatic carbocycles. The molecule has 3 rings (SSSR count). The highest BCUT2D eigenvalue weighted by Crippen LogP contribution is 2.32. The van der Waals surface area contributed by atoms with E-state index in [1.807, 2.05) is 0 Å². The largest absolute Gasteiger partial charge is 0.337 e. The predicted octanol–water partition coefficient (Wildman–Crippen LogP) is 1.07. The normalized spacial score (nSPS) is 28.5. The Kier molecular flexibility index (Phi) is 4.38. The van der Waals surface area contributed by atoms with Crippen LogP contribution in [0.3, 0.4) is 0 Å². The fourth-order valence-corrected chi connectivity index (χ4v) is 3.38. The zero-order valence-corrected chi connectivity index (χ0v) is 11.9. The molecule has 3 aliphatic rings. The first-order chi connectivity index (χ1) is 9.34. The standard InChI is InChI=1S/C15H27N3O/c19-15(13-4-5-13)18(14-6-7-16-12-14)11-10-17-8-2-1-3-9-17/h13-14,16H,1-12H2. The van der Waals surface area contributed by atoms with Gasteiger partial charge in [-0.1, -0.05) is 6.42 Å². The van der Waals surface area contributed by atoms with E-state index in [9.17, 15) is 4.79 Å². The third-order valence-electron chi connectivity index (χ3n) is 4.79. The van der Waals surface area contributed by atoms with Crippen LogP contribution < -0.4 is 5.32 Å². The molecule has 3 fully saturated rings. The molecule has 0 spiro atoms. The summed E-state index contributed by atoms with van der Waals surface area (Å²) in [6.45, 7) is 6.56. The van der Waals surface area contributed by atoms with Crippen LogP contribution in [0.1, 0.15) is 38.5 Å². The van der Waals surface area contributed by atoms with E-state index in [0.717, 1.165) is 45.4 Å². The van der Waals surface area contributed by atoms with E-state index < -0.39 is 0 Å². The van der Waals surface area contributed by atoms with Crippen LogP contribution in [0, 0.1) is 5.92 Å². The summed E-state index contributed by atoms with van der Waals surface area (Å²) in [6.07, 6.45) is 7.44. The molecule has 1 N–H and O–H groups in total. The predicted molar refractivity (Wildman–Crippen MR) is 76.0 cm³/mol. The molecule has 2 aliphatic heterocycles. The van der Waals surface area contributed by atoms with E-state index in [-0.39, 0.29) is 0 Å². The van der Waals surface area contributed by atoms with Crippen molar-refractivity contribution in [2.24, 2.45) is 5.92 Å². The Balaban J connectivity index is 1.53. The maximum Gasteiger partial charge on any atom is 0.226 e. The van der Waals surface area contributed by atoms with Crippen molar-refractivity contribution < 1.29 is 4.79 Å². The van der Waals surface area contributed by atoms with E-state index in [2.05, 4.69) is 15.1 Å². The lowest BCUT2D eigenvalue weighted by Crippen LogP contribution is -2.47. The Hall–Kier alpha value is -0.610. The minimum atomic E-state index is 0.363. The highest BCUT2D eigenvalue weighted by Gasteiger charge is 2.37. The number of amides is 1. The van der Waals surface area contributed by atoms with Crippen molar-refractivity contribution in [2.75, 3.05) is 39.3 Å². The Labute approximate surface area is 116 Å². The van der Waals surface area contributed by atoms with Crippen LogP contribution >= 0.6 is 0 Å². The van der Waals surface area contributed by atoms with Gasteiger partial charge in [-0.05, 0) is 51.7 Å². The molecule has 1 unspecified atom stereocenters. The number of nitrogens with zero attached hydrogens (tertiary/aromatic N) is 2. The molecule has 108 valence electrons. The molecule has 0 aromatic heterocycles. The molecule has 4 heteroatoms. The van der Waals surface area contributed by atoms with Crippen molar-refractivity contribution in [2.45, 2.75) is 44.6 Å². The maximum absolute atomic E-state index is 12.4. The summed E-state index contributed by atoms with van der Waals surface area (Å²) in [5.74, 6) is 0.799. The van der Waals surface area contributed by atoms with Crippen LogP contribution in [0.5, 0.6) is 0 Å². The molecule has 19 heavy (non-hydrogen) atoms. The third kappa shape index (κ3) is 3.48. The molecule has 1 saturated carbocycles. The average Bonchev–Trinajstić information content (AvgIpc) is 3.17. The van der Waals surface area contributed by atoms with Crippen molar-refractivity contribution in [3.8, 4) is 0 Å². The summed E-state index contributed by atoms with van der Waals surface area (Å²) in [5.41, 5.74) is 0. The summed E-state index contributed by atoms with van der Waals surface area (Å²) in [6, 6.07) is 0.456. The fraction of sp³-hybridized carbons (Fsp3) is 0.933. The summed E-state index contributed by atoms with van der Waals surface area (Å²) < 4.78 is 0. The van der Waals surface area contributed by atoms with Crippen LogP contribution in [0.4, 0.5) is 0 Å². The molecule has 1 atom stereocenters. The van der Waals surface area contributed by atoms with Gasteiger partial charge in [-0.2, -0.15) is 0 Å². The number of carbonyl (C=O) groups excluding carboxylic acids is 1. The number of rotatable bonds is 5. The van der Waals surface area contributed by atoms with E-state index in [1.165, 1.54) is 32.4 Å². The van der Waals surface area contributed by atoms with E-state index in [0.29, 0.717) is 17.9 Å². The van der Waals surface area contributed by atoms with Crippen LogP contribution in [0.25, 0.3) is 0 Å². The fourth-order valence-electron chi connectivity index (χ4n) is 3.38. The van der Waals surface area contributed by atoms with Gasteiger partial charge in [0.25, 0.3) is 0 Å². The van der Waals surface area contributed by atoms with Crippen molar-refractivity contribution >= 4 is 5.91 Å². The lowest BCUT2D eigenvalue weighted by Gasteiger charge is -2.33. The van der Waals surface area contributed by atoms with Gasteiger partial charge in [0.2, 0.25) is 5.91 Å². The Morgan fingerprint density at radius 3 is 2.58 bits per heavy atom. The Morgan fingerprint density at radius 2 is 1.95 bits per heavy atom. The van der Waals surface area contributed by atoms with Gasteiger partial charge in [-0.25, -0.2) is 0 Å². The van der Waals surface area contributed by atoms with Crippen LogP contribution in [-0.4, -0.2) is 61.0 Å². The van der Waals surface area contributed by atoms with Gasteiger partial charge in [0.15, 0.2) is 0 Å². The number of piperidine rings is 1. The smallest absolute Gasteiger partial charge is 0.226 e. The van der Waals surface area contributed by atoms with Gasteiger partial charge in [0, 0.05) is 31.6 Å². The van der Waals surface area contributed by atoms with Crippen molar-refractivity contribution in [1.29, 1.82) is 0 Å². The van der Waals surface area contributed by atoms with Gasteiger partial charge in [0.1, 0.15) is 0 Å². The molecule has 0 aromatic carbocycles. The Morgan fingerprint density at radius 1 is 1.16 bits per heavy atom. The first-order valence-electron chi connectivity index (χ1n) is 8.08. The summed E-state index contributed by atoms with van der Waals surface area (Å²) in [4.78, 5) is 17.2. The first-order valence-corrected chi connectivity index (χ1v) is 8.08. The highest BCUT2D eigenvalue weighted by molar-refractivity contribution is 5.81. The zero-order chi connectivity index (χ0) is 13.1. The molecule has 0 radical (unpaired) electrons. The summed E-state index contributed by atoms with van der Waals surface area (Å²) in [5, 5.41) is 3.40. The van der Waals surface area contributed by atoms with Crippen molar-refractivity contribution in [3.63, 3.8) is 0 Å². The average molecular weight is 265 g/mol. The van der Waals surface area contributed by atoms with E-state index >= 15 is 0 Å². The molecule has 0 aromatic rings. The Bertz CT molecular complexity index is 305. The van der Waals surface area contributed by atoms with Gasteiger partial charge >= 0.3 is 0 Å². The van der Waals surface area contributed by atoms with Gasteiger partial charge in [0.05, 0.1) is 0 Å².